The summed E-state index contributed by atoms with van der Waals surface area (Å²) in [6.07, 6.45) is 3.73. The Labute approximate surface area is 144 Å². The van der Waals surface area contributed by atoms with Crippen LogP contribution in [0.3, 0.4) is 0 Å². The smallest absolute Gasteiger partial charge is 0.309 e. The summed E-state index contributed by atoms with van der Waals surface area (Å²) in [6, 6.07) is 11.3. The van der Waals surface area contributed by atoms with Crippen LogP contribution in [0.4, 0.5) is 0 Å². The van der Waals surface area contributed by atoms with Crippen LogP contribution in [0.15, 0.2) is 48.8 Å². The highest BCUT2D eigenvalue weighted by atomic mass is 35.5. The summed E-state index contributed by atoms with van der Waals surface area (Å²) >= 11 is 5.93. The van der Waals surface area contributed by atoms with Crippen LogP contribution in [0, 0.1) is 6.92 Å². The fourth-order valence-corrected chi connectivity index (χ4v) is 2.44. The lowest BCUT2D eigenvalue weighted by Gasteiger charge is -2.06. The van der Waals surface area contributed by atoms with Crippen molar-refractivity contribution in [2.45, 2.75) is 20.0 Å². The minimum atomic E-state index is -0.322. The number of hydrogen-bond donors (Lipinski definition) is 0. The molecule has 0 fully saturated rings. The average molecular weight is 345 g/mol. The Balaban J connectivity index is 1.46. The Hall–Kier alpha value is -2.53. The van der Waals surface area contributed by atoms with Crippen molar-refractivity contribution in [3.8, 4) is 5.75 Å². The van der Waals surface area contributed by atoms with Gasteiger partial charge in [0.25, 0.3) is 0 Å². The zero-order valence-electron chi connectivity index (χ0n) is 13.2. The SMILES string of the molecule is Cc1cccc(OCCC(=O)OCc2cn3cc(Cl)ccc3n2)c1. The van der Waals surface area contributed by atoms with Crippen molar-refractivity contribution in [2.24, 2.45) is 0 Å². The molecule has 3 aromatic rings. The van der Waals surface area contributed by atoms with E-state index in [-0.39, 0.29) is 25.6 Å². The van der Waals surface area contributed by atoms with E-state index in [9.17, 15) is 4.79 Å². The second-order valence-electron chi connectivity index (χ2n) is 5.42. The molecule has 0 aliphatic rings. The highest BCUT2D eigenvalue weighted by Gasteiger charge is 2.07. The van der Waals surface area contributed by atoms with Crippen molar-refractivity contribution in [3.05, 3.63) is 65.1 Å². The van der Waals surface area contributed by atoms with Gasteiger partial charge in [0.2, 0.25) is 0 Å². The van der Waals surface area contributed by atoms with E-state index in [0.29, 0.717) is 10.7 Å². The Kier molecular flexibility index (Phi) is 5.01. The lowest BCUT2D eigenvalue weighted by Crippen LogP contribution is -2.10. The van der Waals surface area contributed by atoms with Gasteiger partial charge in [-0.05, 0) is 36.8 Å². The number of hydrogen-bond acceptors (Lipinski definition) is 4. The molecule has 3 rings (SSSR count). The molecule has 0 bridgehead atoms. The molecule has 2 aromatic heterocycles. The highest BCUT2D eigenvalue weighted by Crippen LogP contribution is 2.14. The summed E-state index contributed by atoms with van der Waals surface area (Å²) in [7, 11) is 0. The molecule has 124 valence electrons. The standard InChI is InChI=1S/C18H17ClN2O3/c1-13-3-2-4-16(9-13)23-8-7-18(22)24-12-15-11-21-10-14(19)5-6-17(21)20-15/h2-6,9-11H,7-8,12H2,1H3. The van der Waals surface area contributed by atoms with Gasteiger partial charge < -0.3 is 13.9 Å². The van der Waals surface area contributed by atoms with E-state index >= 15 is 0 Å². The number of rotatable bonds is 6. The molecular weight excluding hydrogens is 328 g/mol. The minimum Gasteiger partial charge on any atom is -0.493 e. The number of ether oxygens (including phenoxy) is 2. The second-order valence-corrected chi connectivity index (χ2v) is 5.86. The molecule has 0 radical (unpaired) electrons. The Morgan fingerprint density at radius 1 is 1.25 bits per heavy atom. The maximum Gasteiger partial charge on any atom is 0.309 e. The topological polar surface area (TPSA) is 52.8 Å². The van der Waals surface area contributed by atoms with Gasteiger partial charge >= 0.3 is 5.97 Å². The van der Waals surface area contributed by atoms with Crippen molar-refractivity contribution in [1.82, 2.24) is 9.38 Å². The van der Waals surface area contributed by atoms with E-state index in [0.717, 1.165) is 17.0 Å². The van der Waals surface area contributed by atoms with Crippen molar-refractivity contribution in [2.75, 3.05) is 6.61 Å². The number of benzene rings is 1. The summed E-state index contributed by atoms with van der Waals surface area (Å²) in [5.74, 6) is 0.428. The number of aromatic nitrogens is 2. The van der Waals surface area contributed by atoms with E-state index in [2.05, 4.69) is 4.98 Å². The van der Waals surface area contributed by atoms with Gasteiger partial charge in [0.15, 0.2) is 0 Å². The average Bonchev–Trinajstić information content (AvgIpc) is 2.95. The Bertz CT molecular complexity index is 860. The van der Waals surface area contributed by atoms with Crippen LogP contribution in [0.25, 0.3) is 5.65 Å². The molecule has 0 spiro atoms. The maximum absolute atomic E-state index is 11.8. The molecule has 2 heterocycles. The fourth-order valence-electron chi connectivity index (χ4n) is 2.27. The maximum atomic E-state index is 11.8. The number of imidazole rings is 1. The van der Waals surface area contributed by atoms with E-state index in [1.165, 1.54) is 0 Å². The molecule has 24 heavy (non-hydrogen) atoms. The zero-order valence-corrected chi connectivity index (χ0v) is 14.0. The summed E-state index contributed by atoms with van der Waals surface area (Å²) < 4.78 is 12.6. The summed E-state index contributed by atoms with van der Waals surface area (Å²) in [4.78, 5) is 16.1. The zero-order chi connectivity index (χ0) is 16.9. The molecule has 6 heteroatoms. The number of aryl methyl sites for hydroxylation is 1. The quantitative estimate of drug-likeness (QED) is 0.638. The predicted molar refractivity (Wildman–Crippen MR) is 91.3 cm³/mol. The first-order valence-electron chi connectivity index (χ1n) is 7.58. The van der Waals surface area contributed by atoms with Gasteiger partial charge in [-0.2, -0.15) is 0 Å². The first-order valence-corrected chi connectivity index (χ1v) is 7.96. The molecule has 5 nitrogen and oxygen atoms in total. The van der Waals surface area contributed by atoms with Gasteiger partial charge in [-0.15, -0.1) is 0 Å². The summed E-state index contributed by atoms with van der Waals surface area (Å²) in [6.45, 7) is 2.40. The van der Waals surface area contributed by atoms with Gasteiger partial charge in [0, 0.05) is 12.4 Å². The van der Waals surface area contributed by atoms with Gasteiger partial charge in [0.05, 0.1) is 23.7 Å². The molecule has 0 N–H and O–H groups in total. The lowest BCUT2D eigenvalue weighted by atomic mass is 10.2. The molecule has 0 aliphatic carbocycles. The molecular formula is C18H17ClN2O3. The van der Waals surface area contributed by atoms with E-state index in [1.807, 2.05) is 37.3 Å². The Morgan fingerprint density at radius 3 is 2.96 bits per heavy atom. The highest BCUT2D eigenvalue weighted by molar-refractivity contribution is 6.30. The van der Waals surface area contributed by atoms with E-state index < -0.39 is 0 Å². The summed E-state index contributed by atoms with van der Waals surface area (Å²) in [5, 5.41) is 0.622. The third-order valence-corrected chi connectivity index (χ3v) is 3.63. The fraction of sp³-hybridized carbons (Fsp3) is 0.222. The number of esters is 1. The largest absolute Gasteiger partial charge is 0.493 e. The molecule has 0 saturated heterocycles. The number of halogens is 1. The van der Waals surface area contributed by atoms with Crippen LogP contribution >= 0.6 is 11.6 Å². The number of carbonyl (C=O) groups excluding carboxylic acids is 1. The van der Waals surface area contributed by atoms with Crippen molar-refractivity contribution in [1.29, 1.82) is 0 Å². The number of pyridine rings is 1. The normalized spacial score (nSPS) is 10.8. The molecule has 0 aliphatic heterocycles. The second kappa shape index (κ2) is 7.36. The first-order chi connectivity index (χ1) is 11.6. The van der Waals surface area contributed by atoms with Crippen LogP contribution in [0.1, 0.15) is 17.7 Å². The number of fused-ring (bicyclic) bond motifs is 1. The van der Waals surface area contributed by atoms with Gasteiger partial charge in [-0.3, -0.25) is 4.79 Å². The lowest BCUT2D eigenvalue weighted by molar-refractivity contribution is -0.145. The van der Waals surface area contributed by atoms with Gasteiger partial charge in [-0.1, -0.05) is 23.7 Å². The number of carbonyl (C=O) groups is 1. The molecule has 0 unspecified atom stereocenters. The third kappa shape index (κ3) is 4.26. The van der Waals surface area contributed by atoms with Crippen LogP contribution in [0.2, 0.25) is 5.02 Å². The summed E-state index contributed by atoms with van der Waals surface area (Å²) in [5.41, 5.74) is 2.54. The van der Waals surface area contributed by atoms with Crippen LogP contribution < -0.4 is 4.74 Å². The van der Waals surface area contributed by atoms with Crippen LogP contribution in [0.5, 0.6) is 5.75 Å². The third-order valence-electron chi connectivity index (χ3n) is 3.41. The van der Waals surface area contributed by atoms with E-state index in [4.69, 9.17) is 21.1 Å². The number of nitrogens with zero attached hydrogens (tertiary/aromatic N) is 2. The van der Waals surface area contributed by atoms with Gasteiger partial charge in [0.1, 0.15) is 18.0 Å². The molecule has 0 atom stereocenters. The van der Waals surface area contributed by atoms with Crippen molar-refractivity contribution < 1.29 is 14.3 Å². The Morgan fingerprint density at radius 2 is 2.12 bits per heavy atom. The molecule has 0 amide bonds. The monoisotopic (exact) mass is 344 g/mol. The molecule has 1 aromatic carbocycles. The van der Waals surface area contributed by atoms with Crippen LogP contribution in [-0.2, 0) is 16.1 Å². The first kappa shape index (κ1) is 16.3. The molecule has 0 saturated carbocycles. The van der Waals surface area contributed by atoms with Crippen molar-refractivity contribution in [3.63, 3.8) is 0 Å². The van der Waals surface area contributed by atoms with Crippen molar-refractivity contribution >= 4 is 23.2 Å². The van der Waals surface area contributed by atoms with Gasteiger partial charge in [-0.25, -0.2) is 4.98 Å². The van der Waals surface area contributed by atoms with Crippen LogP contribution in [-0.4, -0.2) is 22.0 Å². The predicted octanol–water partition coefficient (Wildman–Crippen LogP) is 3.81. The minimum absolute atomic E-state index is 0.128. The van der Waals surface area contributed by atoms with E-state index in [1.54, 1.807) is 22.9 Å².